The summed E-state index contributed by atoms with van der Waals surface area (Å²) < 4.78 is 5.15. The van der Waals surface area contributed by atoms with Gasteiger partial charge in [-0.05, 0) is 36.8 Å². The summed E-state index contributed by atoms with van der Waals surface area (Å²) in [5, 5.41) is 3.36. The molecule has 2 rings (SSSR count). The van der Waals surface area contributed by atoms with Crippen molar-refractivity contribution in [3.05, 3.63) is 23.9 Å². The van der Waals surface area contributed by atoms with Crippen LogP contribution in [-0.2, 0) is 4.74 Å². The lowest BCUT2D eigenvalue weighted by Crippen LogP contribution is -2.22. The highest BCUT2D eigenvalue weighted by atomic mass is 16.5. The van der Waals surface area contributed by atoms with Crippen molar-refractivity contribution < 1.29 is 9.53 Å². The van der Waals surface area contributed by atoms with Crippen LogP contribution in [0, 0.1) is 5.41 Å². The van der Waals surface area contributed by atoms with E-state index in [2.05, 4.69) is 10.3 Å². The number of carbonyl (C=O) groups is 1. The first-order valence-corrected chi connectivity index (χ1v) is 6.97. The first kappa shape index (κ1) is 14.8. The highest BCUT2D eigenvalue weighted by Gasteiger charge is 2.41. The number of anilines is 1. The Morgan fingerprint density at radius 3 is 2.70 bits per heavy atom. The van der Waals surface area contributed by atoms with E-state index in [0.29, 0.717) is 11.0 Å². The van der Waals surface area contributed by atoms with Crippen LogP contribution in [0.5, 0.6) is 0 Å². The molecule has 1 aromatic heterocycles. The van der Waals surface area contributed by atoms with Crippen molar-refractivity contribution in [1.82, 2.24) is 9.88 Å². The third-order valence-corrected chi connectivity index (χ3v) is 3.85. The van der Waals surface area contributed by atoms with Gasteiger partial charge in [0.1, 0.15) is 5.82 Å². The van der Waals surface area contributed by atoms with Crippen LogP contribution in [0.2, 0.25) is 0 Å². The predicted octanol–water partition coefficient (Wildman–Crippen LogP) is 2.01. The van der Waals surface area contributed by atoms with E-state index in [1.165, 1.54) is 12.8 Å². The van der Waals surface area contributed by atoms with Gasteiger partial charge >= 0.3 is 0 Å². The number of nitrogens with one attached hydrogen (secondary N) is 1. The summed E-state index contributed by atoms with van der Waals surface area (Å²) in [7, 11) is 5.22. The highest BCUT2D eigenvalue weighted by molar-refractivity contribution is 5.93. The third kappa shape index (κ3) is 3.70. The van der Waals surface area contributed by atoms with Crippen LogP contribution in [0.3, 0.4) is 0 Å². The lowest BCUT2D eigenvalue weighted by molar-refractivity contribution is 0.0827. The average molecular weight is 277 g/mol. The number of rotatable bonds is 7. The van der Waals surface area contributed by atoms with Gasteiger partial charge in [-0.15, -0.1) is 0 Å². The molecule has 0 radical (unpaired) electrons. The maximum Gasteiger partial charge on any atom is 0.254 e. The Labute approximate surface area is 120 Å². The van der Waals surface area contributed by atoms with Gasteiger partial charge in [0.05, 0.1) is 5.56 Å². The van der Waals surface area contributed by atoms with E-state index in [-0.39, 0.29) is 5.91 Å². The van der Waals surface area contributed by atoms with Crippen molar-refractivity contribution >= 4 is 11.7 Å². The van der Waals surface area contributed by atoms with Crippen molar-refractivity contribution in [3.8, 4) is 0 Å². The van der Waals surface area contributed by atoms with E-state index in [1.54, 1.807) is 32.3 Å². The van der Waals surface area contributed by atoms with Crippen molar-refractivity contribution in [1.29, 1.82) is 0 Å². The molecule has 0 saturated heterocycles. The van der Waals surface area contributed by atoms with Gasteiger partial charge in [-0.2, -0.15) is 0 Å². The fraction of sp³-hybridized carbons (Fsp3) is 0.600. The Morgan fingerprint density at radius 2 is 2.20 bits per heavy atom. The number of hydrogen-bond acceptors (Lipinski definition) is 4. The Morgan fingerprint density at radius 1 is 1.45 bits per heavy atom. The molecule has 1 aliphatic carbocycles. The van der Waals surface area contributed by atoms with Crippen LogP contribution in [0.1, 0.15) is 29.6 Å². The average Bonchev–Trinajstić information content (AvgIpc) is 3.23. The van der Waals surface area contributed by atoms with Gasteiger partial charge in [0.15, 0.2) is 0 Å². The van der Waals surface area contributed by atoms with Gasteiger partial charge in [0.25, 0.3) is 5.91 Å². The molecule has 0 aromatic carbocycles. The number of pyridine rings is 1. The smallest absolute Gasteiger partial charge is 0.254 e. The maximum atomic E-state index is 11.8. The molecule has 5 heteroatoms. The van der Waals surface area contributed by atoms with E-state index in [0.717, 1.165) is 25.4 Å². The largest absolute Gasteiger partial charge is 0.385 e. The summed E-state index contributed by atoms with van der Waals surface area (Å²) in [6, 6.07) is 3.68. The second-order valence-corrected chi connectivity index (χ2v) is 5.73. The standard InChI is InChI=1S/C15H23N3O2/c1-18(2)14(19)12-4-5-13(16-10-12)17-11-15(6-7-15)8-9-20-3/h4-5,10H,6-9,11H2,1-3H3,(H,16,17). The van der Waals surface area contributed by atoms with Gasteiger partial charge in [-0.25, -0.2) is 4.98 Å². The lowest BCUT2D eigenvalue weighted by atomic mass is 10.0. The van der Waals surface area contributed by atoms with Crippen molar-refractivity contribution in [3.63, 3.8) is 0 Å². The molecule has 1 amide bonds. The molecule has 0 aliphatic heterocycles. The zero-order chi connectivity index (χ0) is 14.6. The topological polar surface area (TPSA) is 54.5 Å². The fourth-order valence-corrected chi connectivity index (χ4v) is 2.17. The van der Waals surface area contributed by atoms with E-state index >= 15 is 0 Å². The summed E-state index contributed by atoms with van der Waals surface area (Å²) in [4.78, 5) is 17.6. The molecule has 0 bridgehead atoms. The summed E-state index contributed by atoms with van der Waals surface area (Å²) in [5.74, 6) is 0.798. The monoisotopic (exact) mass is 277 g/mol. The molecule has 20 heavy (non-hydrogen) atoms. The molecular weight excluding hydrogens is 254 g/mol. The normalized spacial score (nSPS) is 15.8. The molecule has 1 aromatic rings. The van der Waals surface area contributed by atoms with Crippen LogP contribution in [0.4, 0.5) is 5.82 Å². The third-order valence-electron chi connectivity index (χ3n) is 3.85. The van der Waals surface area contributed by atoms with Crippen LogP contribution in [0.15, 0.2) is 18.3 Å². The molecule has 110 valence electrons. The number of methoxy groups -OCH3 is 1. The van der Waals surface area contributed by atoms with E-state index in [1.807, 2.05) is 12.1 Å². The fourth-order valence-electron chi connectivity index (χ4n) is 2.17. The summed E-state index contributed by atoms with van der Waals surface area (Å²) in [5.41, 5.74) is 0.997. The molecule has 5 nitrogen and oxygen atoms in total. The zero-order valence-electron chi connectivity index (χ0n) is 12.5. The lowest BCUT2D eigenvalue weighted by Gasteiger charge is -2.16. The number of aromatic nitrogens is 1. The number of nitrogens with zero attached hydrogens (tertiary/aromatic N) is 2. The quantitative estimate of drug-likeness (QED) is 0.828. The molecule has 0 atom stereocenters. The van der Waals surface area contributed by atoms with Crippen LogP contribution in [0.25, 0.3) is 0 Å². The molecule has 1 saturated carbocycles. The summed E-state index contributed by atoms with van der Waals surface area (Å²) in [6.07, 6.45) is 5.22. The van der Waals surface area contributed by atoms with E-state index in [9.17, 15) is 4.79 Å². The maximum absolute atomic E-state index is 11.8. The minimum absolute atomic E-state index is 0.0252. The molecule has 0 spiro atoms. The first-order chi connectivity index (χ1) is 9.56. The first-order valence-electron chi connectivity index (χ1n) is 6.97. The van der Waals surface area contributed by atoms with Gasteiger partial charge < -0.3 is 15.0 Å². The Balaban J connectivity index is 1.87. The molecule has 0 unspecified atom stereocenters. The molecule has 1 fully saturated rings. The van der Waals surface area contributed by atoms with Gasteiger partial charge in [-0.1, -0.05) is 0 Å². The Hall–Kier alpha value is -1.62. The molecule has 1 N–H and O–H groups in total. The highest BCUT2D eigenvalue weighted by Crippen LogP contribution is 2.48. The van der Waals surface area contributed by atoms with Crippen LogP contribution >= 0.6 is 0 Å². The van der Waals surface area contributed by atoms with Gasteiger partial charge in [0.2, 0.25) is 0 Å². The SMILES string of the molecule is COCCC1(CNc2ccc(C(=O)N(C)C)cn2)CC1. The number of ether oxygens (including phenoxy) is 1. The molecule has 1 aliphatic rings. The minimum Gasteiger partial charge on any atom is -0.385 e. The van der Waals surface area contributed by atoms with Gasteiger partial charge in [-0.3, -0.25) is 4.79 Å². The van der Waals surface area contributed by atoms with Crippen molar-refractivity contribution in [2.24, 2.45) is 5.41 Å². The molecule has 1 heterocycles. The second kappa shape index (κ2) is 6.22. The summed E-state index contributed by atoms with van der Waals surface area (Å²) in [6.45, 7) is 1.73. The van der Waals surface area contributed by atoms with E-state index in [4.69, 9.17) is 4.74 Å². The number of carbonyl (C=O) groups excluding carboxylic acids is 1. The number of hydrogen-bond donors (Lipinski definition) is 1. The zero-order valence-corrected chi connectivity index (χ0v) is 12.5. The Bertz CT molecular complexity index is 453. The summed E-state index contributed by atoms with van der Waals surface area (Å²) >= 11 is 0. The van der Waals surface area contributed by atoms with Crippen molar-refractivity contribution in [2.75, 3.05) is 39.7 Å². The Kier molecular flexibility index (Phi) is 4.60. The predicted molar refractivity (Wildman–Crippen MR) is 78.9 cm³/mol. The molecular formula is C15H23N3O2. The van der Waals surface area contributed by atoms with E-state index < -0.39 is 0 Å². The van der Waals surface area contributed by atoms with Crippen molar-refractivity contribution in [2.45, 2.75) is 19.3 Å². The minimum atomic E-state index is -0.0252. The number of amides is 1. The van der Waals surface area contributed by atoms with Gasteiger partial charge in [0, 0.05) is 40.6 Å². The van der Waals surface area contributed by atoms with Crippen LogP contribution in [-0.4, -0.2) is 50.1 Å². The second-order valence-electron chi connectivity index (χ2n) is 5.73. The van der Waals surface area contributed by atoms with Crippen LogP contribution < -0.4 is 5.32 Å².